The van der Waals surface area contributed by atoms with E-state index in [1.807, 2.05) is 4.68 Å². The van der Waals surface area contributed by atoms with Gasteiger partial charge in [0, 0.05) is 13.7 Å². The number of aliphatic hydroxyl groups excluding tert-OH is 1. The molecule has 5 heteroatoms. The lowest BCUT2D eigenvalue weighted by Crippen LogP contribution is -2.14. The number of methoxy groups -OCH3 is 1. The van der Waals surface area contributed by atoms with Gasteiger partial charge in [-0.15, -0.1) is 5.10 Å². The molecule has 0 radical (unpaired) electrons. The molecular weight excluding hydrogens is 206 g/mol. The maximum Gasteiger partial charge on any atom is 0.112 e. The Morgan fingerprint density at radius 3 is 2.56 bits per heavy atom. The van der Waals surface area contributed by atoms with Crippen molar-refractivity contribution >= 4 is 0 Å². The van der Waals surface area contributed by atoms with Gasteiger partial charge in [-0.3, -0.25) is 0 Å². The molecule has 0 fully saturated rings. The lowest BCUT2D eigenvalue weighted by Gasteiger charge is -2.16. The summed E-state index contributed by atoms with van der Waals surface area (Å²) in [5.41, 5.74) is 1.70. The molecular formula is C11H21N3O2. The lowest BCUT2D eigenvalue weighted by atomic mass is 10.1. The molecule has 1 unspecified atom stereocenters. The first-order valence-electron chi connectivity index (χ1n) is 5.65. The van der Waals surface area contributed by atoms with Gasteiger partial charge in [-0.2, -0.15) is 0 Å². The van der Waals surface area contributed by atoms with Crippen molar-refractivity contribution < 1.29 is 9.84 Å². The van der Waals surface area contributed by atoms with E-state index in [4.69, 9.17) is 4.74 Å². The molecule has 0 aliphatic rings. The summed E-state index contributed by atoms with van der Waals surface area (Å²) < 4.78 is 6.95. The summed E-state index contributed by atoms with van der Waals surface area (Å²) in [4.78, 5) is 0. The molecule has 1 aromatic rings. The second kappa shape index (κ2) is 5.96. The van der Waals surface area contributed by atoms with E-state index >= 15 is 0 Å². The summed E-state index contributed by atoms with van der Waals surface area (Å²) in [5, 5.41) is 17.3. The van der Waals surface area contributed by atoms with E-state index in [1.54, 1.807) is 7.11 Å². The van der Waals surface area contributed by atoms with Crippen molar-refractivity contribution in [2.24, 2.45) is 0 Å². The van der Waals surface area contributed by atoms with Gasteiger partial charge in [0.2, 0.25) is 0 Å². The Morgan fingerprint density at radius 2 is 2.06 bits per heavy atom. The van der Waals surface area contributed by atoms with Crippen LogP contribution < -0.4 is 0 Å². The van der Waals surface area contributed by atoms with Gasteiger partial charge in [0.15, 0.2) is 0 Å². The summed E-state index contributed by atoms with van der Waals surface area (Å²) in [6, 6.07) is 0.241. The van der Waals surface area contributed by atoms with Crippen LogP contribution in [-0.2, 0) is 11.3 Å². The minimum absolute atomic E-state index is 0.0511. The van der Waals surface area contributed by atoms with Gasteiger partial charge in [0.25, 0.3) is 0 Å². The van der Waals surface area contributed by atoms with Gasteiger partial charge in [0.1, 0.15) is 5.69 Å². The van der Waals surface area contributed by atoms with Crippen LogP contribution in [0.25, 0.3) is 0 Å². The molecule has 0 saturated carbocycles. The maximum absolute atomic E-state index is 9.20. The third-order valence-electron chi connectivity index (χ3n) is 2.66. The maximum atomic E-state index is 9.20. The van der Waals surface area contributed by atoms with E-state index in [2.05, 4.69) is 31.1 Å². The van der Waals surface area contributed by atoms with Crippen molar-refractivity contribution in [1.29, 1.82) is 0 Å². The lowest BCUT2D eigenvalue weighted by molar-refractivity contribution is 0.177. The average molecular weight is 227 g/mol. The first-order chi connectivity index (χ1) is 7.61. The minimum Gasteiger partial charge on any atom is -0.390 e. The number of rotatable bonds is 6. The Bertz CT molecular complexity index is 323. The molecule has 0 aliphatic heterocycles. The highest BCUT2D eigenvalue weighted by molar-refractivity contribution is 5.14. The molecule has 0 amide bonds. The van der Waals surface area contributed by atoms with Gasteiger partial charge < -0.3 is 9.84 Å². The standard InChI is InChI=1S/C11H21N3O2/c1-8(2)11-10(7-15)12-13-14(11)9(3)5-6-16-4/h8-9,15H,5-7H2,1-4H3. The molecule has 0 aromatic carbocycles. The van der Waals surface area contributed by atoms with Crippen molar-refractivity contribution in [3.8, 4) is 0 Å². The zero-order chi connectivity index (χ0) is 12.1. The van der Waals surface area contributed by atoms with Crippen LogP contribution in [0.3, 0.4) is 0 Å². The van der Waals surface area contributed by atoms with E-state index in [-0.39, 0.29) is 12.6 Å². The van der Waals surface area contributed by atoms with Crippen LogP contribution >= 0.6 is 0 Å². The number of hydrogen-bond acceptors (Lipinski definition) is 4. The third kappa shape index (κ3) is 2.80. The topological polar surface area (TPSA) is 60.2 Å². The largest absolute Gasteiger partial charge is 0.390 e. The molecule has 1 atom stereocenters. The first kappa shape index (κ1) is 13.1. The van der Waals surface area contributed by atoms with Crippen molar-refractivity contribution in [2.75, 3.05) is 13.7 Å². The highest BCUT2D eigenvalue weighted by Gasteiger charge is 2.18. The summed E-state index contributed by atoms with van der Waals surface area (Å²) in [5.74, 6) is 0.308. The fraction of sp³-hybridized carbons (Fsp3) is 0.818. The first-order valence-corrected chi connectivity index (χ1v) is 5.65. The highest BCUT2D eigenvalue weighted by atomic mass is 16.5. The molecule has 1 N–H and O–H groups in total. The number of nitrogens with zero attached hydrogens (tertiary/aromatic N) is 3. The monoisotopic (exact) mass is 227 g/mol. The van der Waals surface area contributed by atoms with Crippen molar-refractivity contribution in [1.82, 2.24) is 15.0 Å². The molecule has 0 saturated heterocycles. The molecule has 5 nitrogen and oxygen atoms in total. The molecule has 1 heterocycles. The van der Waals surface area contributed by atoms with Crippen molar-refractivity contribution in [3.05, 3.63) is 11.4 Å². The normalized spacial score (nSPS) is 13.4. The van der Waals surface area contributed by atoms with Crippen LogP contribution in [0.2, 0.25) is 0 Å². The second-order valence-electron chi connectivity index (χ2n) is 4.31. The fourth-order valence-electron chi connectivity index (χ4n) is 1.78. The van der Waals surface area contributed by atoms with Gasteiger partial charge in [-0.1, -0.05) is 19.1 Å². The minimum atomic E-state index is -0.0511. The average Bonchev–Trinajstić information content (AvgIpc) is 2.69. The molecule has 0 aliphatic carbocycles. The summed E-state index contributed by atoms with van der Waals surface area (Å²) in [6.45, 7) is 6.90. The van der Waals surface area contributed by atoms with Gasteiger partial charge in [-0.25, -0.2) is 4.68 Å². The number of aliphatic hydroxyl groups is 1. The predicted octanol–water partition coefficient (Wildman–Crippen LogP) is 1.49. The van der Waals surface area contributed by atoms with Gasteiger partial charge >= 0.3 is 0 Å². The summed E-state index contributed by atoms with van der Waals surface area (Å²) >= 11 is 0. The number of ether oxygens (including phenoxy) is 1. The fourth-order valence-corrected chi connectivity index (χ4v) is 1.78. The van der Waals surface area contributed by atoms with E-state index in [0.717, 1.165) is 12.1 Å². The van der Waals surface area contributed by atoms with E-state index < -0.39 is 0 Å². The Kier molecular flexibility index (Phi) is 4.89. The third-order valence-corrected chi connectivity index (χ3v) is 2.66. The Hall–Kier alpha value is -0.940. The molecule has 1 aromatic heterocycles. The smallest absolute Gasteiger partial charge is 0.112 e. The zero-order valence-corrected chi connectivity index (χ0v) is 10.5. The summed E-state index contributed by atoms with van der Waals surface area (Å²) in [6.07, 6.45) is 0.893. The van der Waals surface area contributed by atoms with Crippen LogP contribution in [-0.4, -0.2) is 33.8 Å². The van der Waals surface area contributed by atoms with Gasteiger partial charge in [0.05, 0.1) is 18.3 Å². The van der Waals surface area contributed by atoms with Crippen molar-refractivity contribution in [3.63, 3.8) is 0 Å². The second-order valence-corrected chi connectivity index (χ2v) is 4.31. The van der Waals surface area contributed by atoms with Crippen LogP contribution in [0.4, 0.5) is 0 Å². The molecule has 92 valence electrons. The van der Waals surface area contributed by atoms with Crippen LogP contribution in [0, 0.1) is 0 Å². The van der Waals surface area contributed by atoms with Crippen LogP contribution in [0.1, 0.15) is 50.5 Å². The van der Waals surface area contributed by atoms with Crippen LogP contribution in [0.15, 0.2) is 0 Å². The van der Waals surface area contributed by atoms with E-state index in [9.17, 15) is 5.11 Å². The van der Waals surface area contributed by atoms with Crippen molar-refractivity contribution in [2.45, 2.75) is 45.8 Å². The number of aromatic nitrogens is 3. The highest BCUT2D eigenvalue weighted by Crippen LogP contribution is 2.22. The van der Waals surface area contributed by atoms with E-state index in [0.29, 0.717) is 18.2 Å². The molecule has 16 heavy (non-hydrogen) atoms. The van der Waals surface area contributed by atoms with E-state index in [1.165, 1.54) is 0 Å². The Balaban J connectivity index is 2.90. The summed E-state index contributed by atoms with van der Waals surface area (Å²) in [7, 11) is 1.69. The molecule has 0 spiro atoms. The Morgan fingerprint density at radius 1 is 1.38 bits per heavy atom. The molecule has 0 bridgehead atoms. The number of hydrogen-bond donors (Lipinski definition) is 1. The Labute approximate surface area is 96.4 Å². The predicted molar refractivity (Wildman–Crippen MR) is 61.2 cm³/mol. The van der Waals surface area contributed by atoms with Gasteiger partial charge in [-0.05, 0) is 19.3 Å². The SMILES string of the molecule is COCCC(C)n1nnc(CO)c1C(C)C. The zero-order valence-electron chi connectivity index (χ0n) is 10.5. The molecule has 1 rings (SSSR count). The van der Waals surface area contributed by atoms with Crippen LogP contribution in [0.5, 0.6) is 0 Å². The quantitative estimate of drug-likeness (QED) is 0.800.